The van der Waals surface area contributed by atoms with Crippen molar-refractivity contribution in [3.8, 4) is 17.2 Å². The highest BCUT2D eigenvalue weighted by atomic mass is 16.6. The Labute approximate surface area is 162 Å². The van der Waals surface area contributed by atoms with Gasteiger partial charge in [0.15, 0.2) is 17.6 Å². The molecule has 1 amide bonds. The van der Waals surface area contributed by atoms with Crippen LogP contribution in [0.1, 0.15) is 21.7 Å². The second kappa shape index (κ2) is 7.20. The van der Waals surface area contributed by atoms with Crippen LogP contribution in [-0.2, 0) is 9.53 Å². The molecule has 0 aliphatic carbocycles. The minimum atomic E-state index is -1.06. The number of carboxylic acids is 1. The molecule has 8 heteroatoms. The van der Waals surface area contributed by atoms with Gasteiger partial charge in [-0.25, -0.2) is 4.79 Å². The molecule has 0 spiro atoms. The quantitative estimate of drug-likeness (QED) is 0.865. The zero-order valence-electron chi connectivity index (χ0n) is 15.8. The van der Waals surface area contributed by atoms with Crippen molar-refractivity contribution in [2.24, 2.45) is 0 Å². The molecule has 2 aliphatic heterocycles. The lowest BCUT2D eigenvalue weighted by Crippen LogP contribution is -2.48. The van der Waals surface area contributed by atoms with Gasteiger partial charge < -0.3 is 28.8 Å². The van der Waals surface area contributed by atoms with E-state index in [-0.39, 0.29) is 19.1 Å². The number of ether oxygens (including phenoxy) is 3. The van der Waals surface area contributed by atoms with E-state index >= 15 is 0 Å². The van der Waals surface area contributed by atoms with Crippen LogP contribution in [0.5, 0.6) is 11.5 Å². The number of aliphatic carboxylic acids is 1. The van der Waals surface area contributed by atoms with Crippen molar-refractivity contribution in [3.63, 3.8) is 0 Å². The van der Waals surface area contributed by atoms with Crippen LogP contribution in [0.3, 0.4) is 0 Å². The van der Waals surface area contributed by atoms with Crippen molar-refractivity contribution in [2.75, 3.05) is 32.9 Å². The number of morpholine rings is 1. The summed E-state index contributed by atoms with van der Waals surface area (Å²) in [6, 6.07) is 7.53. The van der Waals surface area contributed by atoms with Crippen LogP contribution in [-0.4, -0.2) is 65.5 Å². The van der Waals surface area contributed by atoms with Crippen LogP contribution in [0, 0.1) is 13.8 Å². The Morgan fingerprint density at radius 1 is 1.07 bits per heavy atom. The molecule has 1 atom stereocenters. The number of benzene rings is 1. The summed E-state index contributed by atoms with van der Waals surface area (Å²) >= 11 is 0. The summed E-state index contributed by atoms with van der Waals surface area (Å²) in [5.74, 6) is 0.147. The molecule has 2 aromatic rings. The second-order valence-electron chi connectivity index (χ2n) is 6.90. The Kier molecular flexibility index (Phi) is 4.72. The summed E-state index contributed by atoms with van der Waals surface area (Å²) in [6.45, 7) is 5.48. The number of nitrogens with zero attached hydrogens (tertiary/aromatic N) is 2. The highest BCUT2D eigenvalue weighted by Gasteiger charge is 2.31. The summed E-state index contributed by atoms with van der Waals surface area (Å²) in [6.07, 6.45) is -0.987. The molecule has 1 aromatic heterocycles. The first-order chi connectivity index (χ1) is 13.5. The summed E-state index contributed by atoms with van der Waals surface area (Å²) in [5, 5.41) is 9.17. The zero-order valence-corrected chi connectivity index (χ0v) is 15.8. The number of amides is 1. The van der Waals surface area contributed by atoms with Crippen LogP contribution >= 0.6 is 0 Å². The van der Waals surface area contributed by atoms with Gasteiger partial charge in [-0.3, -0.25) is 4.79 Å². The number of carbonyl (C=O) groups is 2. The van der Waals surface area contributed by atoms with Gasteiger partial charge in [0.1, 0.15) is 13.2 Å². The van der Waals surface area contributed by atoms with E-state index in [4.69, 9.17) is 19.3 Å². The van der Waals surface area contributed by atoms with E-state index in [1.54, 1.807) is 0 Å². The van der Waals surface area contributed by atoms with E-state index in [1.807, 2.05) is 42.7 Å². The fourth-order valence-corrected chi connectivity index (χ4v) is 3.70. The van der Waals surface area contributed by atoms with Gasteiger partial charge in [0.25, 0.3) is 5.91 Å². The molecule has 0 radical (unpaired) electrons. The molecule has 28 heavy (non-hydrogen) atoms. The van der Waals surface area contributed by atoms with E-state index in [9.17, 15) is 9.59 Å². The van der Waals surface area contributed by atoms with Crippen LogP contribution in [0.2, 0.25) is 0 Å². The van der Waals surface area contributed by atoms with Crippen molar-refractivity contribution in [1.29, 1.82) is 0 Å². The molecule has 0 unspecified atom stereocenters. The van der Waals surface area contributed by atoms with Crippen molar-refractivity contribution < 1.29 is 28.9 Å². The van der Waals surface area contributed by atoms with Crippen LogP contribution < -0.4 is 9.47 Å². The number of rotatable bonds is 3. The number of hydrogen-bond donors (Lipinski definition) is 1. The van der Waals surface area contributed by atoms with Gasteiger partial charge in [0, 0.05) is 29.7 Å². The van der Waals surface area contributed by atoms with E-state index < -0.39 is 12.1 Å². The monoisotopic (exact) mass is 386 g/mol. The fraction of sp³-hybridized carbons (Fsp3) is 0.400. The number of aromatic nitrogens is 1. The molecule has 1 N–H and O–H groups in total. The number of carbonyl (C=O) groups excluding carboxylic acids is 1. The fourth-order valence-electron chi connectivity index (χ4n) is 3.70. The number of carboxylic acid groups (broad SMARTS) is 1. The van der Waals surface area contributed by atoms with Crippen molar-refractivity contribution in [2.45, 2.75) is 20.0 Å². The molecule has 1 fully saturated rings. The van der Waals surface area contributed by atoms with Crippen molar-refractivity contribution in [1.82, 2.24) is 9.47 Å². The Morgan fingerprint density at radius 2 is 1.82 bits per heavy atom. The highest BCUT2D eigenvalue weighted by molar-refractivity contribution is 5.96. The highest BCUT2D eigenvalue weighted by Crippen LogP contribution is 2.33. The molecule has 0 bridgehead atoms. The smallest absolute Gasteiger partial charge is 0.334 e. The van der Waals surface area contributed by atoms with Crippen LogP contribution in [0.25, 0.3) is 5.69 Å². The lowest BCUT2D eigenvalue weighted by molar-refractivity contribution is -0.154. The zero-order chi connectivity index (χ0) is 19.8. The molecule has 1 saturated heterocycles. The topological polar surface area (TPSA) is 90.2 Å². The Morgan fingerprint density at radius 3 is 2.57 bits per heavy atom. The SMILES string of the molecule is Cc1cc(C(=O)N2CCO[C@@H](C(=O)O)C2)c(C)n1-c1ccc2c(c1)OCCO2. The first-order valence-corrected chi connectivity index (χ1v) is 9.18. The molecule has 0 saturated carbocycles. The van der Waals surface area contributed by atoms with E-state index in [0.29, 0.717) is 36.8 Å². The molecule has 3 heterocycles. The Bertz CT molecular complexity index is 935. The van der Waals surface area contributed by atoms with Gasteiger partial charge in [-0.15, -0.1) is 0 Å². The average Bonchev–Trinajstić information content (AvgIpc) is 3.01. The summed E-state index contributed by atoms with van der Waals surface area (Å²) in [5.41, 5.74) is 3.13. The van der Waals surface area contributed by atoms with Gasteiger partial charge in [-0.05, 0) is 32.0 Å². The molecular weight excluding hydrogens is 364 g/mol. The van der Waals surface area contributed by atoms with Gasteiger partial charge in [-0.2, -0.15) is 0 Å². The van der Waals surface area contributed by atoms with Crippen molar-refractivity contribution in [3.05, 3.63) is 41.2 Å². The predicted octanol–water partition coefficient (Wildman–Crippen LogP) is 1.79. The van der Waals surface area contributed by atoms with E-state index in [2.05, 4.69) is 0 Å². The first kappa shape index (κ1) is 18.4. The maximum atomic E-state index is 13.0. The Balaban J connectivity index is 1.64. The predicted molar refractivity (Wildman–Crippen MR) is 99.5 cm³/mol. The van der Waals surface area contributed by atoms with Gasteiger partial charge in [-0.1, -0.05) is 0 Å². The van der Waals surface area contributed by atoms with Gasteiger partial charge in [0.05, 0.1) is 18.7 Å². The maximum Gasteiger partial charge on any atom is 0.334 e. The molecule has 148 valence electrons. The minimum absolute atomic E-state index is 0.0435. The van der Waals surface area contributed by atoms with E-state index in [1.165, 1.54) is 4.90 Å². The second-order valence-corrected chi connectivity index (χ2v) is 6.90. The van der Waals surface area contributed by atoms with Crippen LogP contribution in [0.4, 0.5) is 0 Å². The molecule has 4 rings (SSSR count). The third-order valence-corrected chi connectivity index (χ3v) is 5.07. The standard InChI is InChI=1S/C20H22N2O6/c1-12-9-15(19(23)21-5-6-26-18(11-21)20(24)25)13(2)22(12)14-3-4-16-17(10-14)28-8-7-27-16/h3-4,9-10,18H,5-8,11H2,1-2H3,(H,24,25)/t18-/m1/s1. The van der Waals surface area contributed by atoms with Crippen LogP contribution in [0.15, 0.2) is 24.3 Å². The lowest BCUT2D eigenvalue weighted by atomic mass is 10.2. The maximum absolute atomic E-state index is 13.0. The lowest BCUT2D eigenvalue weighted by Gasteiger charge is -2.30. The first-order valence-electron chi connectivity index (χ1n) is 9.18. The number of fused-ring (bicyclic) bond motifs is 1. The third kappa shape index (κ3) is 3.20. The molecule has 1 aromatic carbocycles. The summed E-state index contributed by atoms with van der Waals surface area (Å²) < 4.78 is 18.4. The van der Waals surface area contributed by atoms with Gasteiger partial charge >= 0.3 is 5.97 Å². The normalized spacial score (nSPS) is 18.8. The van der Waals surface area contributed by atoms with Crippen molar-refractivity contribution >= 4 is 11.9 Å². The summed E-state index contributed by atoms with van der Waals surface area (Å²) in [7, 11) is 0. The number of hydrogen-bond acceptors (Lipinski definition) is 5. The summed E-state index contributed by atoms with van der Waals surface area (Å²) in [4.78, 5) is 25.8. The number of aryl methyl sites for hydroxylation is 1. The molecule has 2 aliphatic rings. The van der Waals surface area contributed by atoms with Gasteiger partial charge in [0.2, 0.25) is 0 Å². The molecule has 8 nitrogen and oxygen atoms in total. The average molecular weight is 386 g/mol. The third-order valence-electron chi connectivity index (χ3n) is 5.07. The molecular formula is C20H22N2O6. The minimum Gasteiger partial charge on any atom is -0.486 e. The Hall–Kier alpha value is -3.00. The largest absolute Gasteiger partial charge is 0.486 e. The van der Waals surface area contributed by atoms with E-state index in [0.717, 1.165) is 17.1 Å².